The van der Waals surface area contributed by atoms with Crippen LogP contribution in [0.1, 0.15) is 5.56 Å². The fourth-order valence-corrected chi connectivity index (χ4v) is 1.61. The molecule has 2 heteroatoms. The first-order valence-electron chi connectivity index (χ1n) is 3.62. The van der Waals surface area contributed by atoms with Gasteiger partial charge in [-0.2, -0.15) is 0 Å². The van der Waals surface area contributed by atoms with Crippen LogP contribution in [0.3, 0.4) is 0 Å². The van der Waals surface area contributed by atoms with Gasteiger partial charge in [-0.05, 0) is 30.2 Å². The number of terminal acetylenes is 1. The van der Waals surface area contributed by atoms with Crippen molar-refractivity contribution >= 4 is 11.2 Å². The molecule has 1 aromatic carbocycles. The van der Waals surface area contributed by atoms with E-state index in [4.69, 9.17) is 6.42 Å². The van der Waals surface area contributed by atoms with Crippen molar-refractivity contribution < 1.29 is 4.55 Å². The first kappa shape index (κ1) is 9.18. The van der Waals surface area contributed by atoms with Crippen LogP contribution < -0.4 is 0 Å². The van der Waals surface area contributed by atoms with Crippen molar-refractivity contribution in [1.29, 1.82) is 0 Å². The largest absolute Gasteiger partial charge is 0.611 e. The van der Waals surface area contributed by atoms with Crippen LogP contribution in [0.5, 0.6) is 0 Å². The van der Waals surface area contributed by atoms with E-state index in [1.807, 2.05) is 31.2 Å². The van der Waals surface area contributed by atoms with Crippen molar-refractivity contribution in [3.05, 3.63) is 29.8 Å². The Labute approximate surface area is 76.0 Å². The predicted octanol–water partition coefficient (Wildman–Crippen LogP) is 1.74. The highest BCUT2D eigenvalue weighted by Crippen LogP contribution is 2.11. The Hall–Kier alpha value is -0.910. The molecule has 0 amide bonds. The smallest absolute Gasteiger partial charge is 0.170 e. The summed E-state index contributed by atoms with van der Waals surface area (Å²) in [6, 6.07) is 7.57. The summed E-state index contributed by atoms with van der Waals surface area (Å²) >= 11 is -1.03. The van der Waals surface area contributed by atoms with Crippen LogP contribution in [0.2, 0.25) is 0 Å². The van der Waals surface area contributed by atoms with Crippen LogP contribution in [-0.4, -0.2) is 10.3 Å². The lowest BCUT2D eigenvalue weighted by atomic mass is 10.2. The maximum Gasteiger partial charge on any atom is 0.170 e. The minimum absolute atomic E-state index is 0.295. The molecular weight excluding hydrogens is 168 g/mol. The van der Waals surface area contributed by atoms with Crippen molar-refractivity contribution in [2.45, 2.75) is 11.8 Å². The molecule has 0 heterocycles. The van der Waals surface area contributed by atoms with Crippen molar-refractivity contribution in [3.8, 4) is 12.3 Å². The summed E-state index contributed by atoms with van der Waals surface area (Å²) in [5.41, 5.74) is 1.16. The minimum Gasteiger partial charge on any atom is -0.611 e. The highest BCUT2D eigenvalue weighted by Gasteiger charge is 2.06. The third kappa shape index (κ3) is 2.30. The lowest BCUT2D eigenvalue weighted by Gasteiger charge is -2.06. The lowest BCUT2D eigenvalue weighted by molar-refractivity contribution is 0.598. The van der Waals surface area contributed by atoms with E-state index in [2.05, 4.69) is 5.92 Å². The number of hydrogen-bond donors (Lipinski definition) is 0. The molecule has 0 aliphatic heterocycles. The summed E-state index contributed by atoms with van der Waals surface area (Å²) in [7, 11) is 0. The van der Waals surface area contributed by atoms with Gasteiger partial charge in [0, 0.05) is 0 Å². The summed E-state index contributed by atoms with van der Waals surface area (Å²) in [6.07, 6.45) is 5.05. The zero-order valence-electron chi connectivity index (χ0n) is 6.91. The van der Waals surface area contributed by atoms with E-state index in [0.29, 0.717) is 5.75 Å². The van der Waals surface area contributed by atoms with Gasteiger partial charge in [0.15, 0.2) is 10.6 Å². The first-order valence-corrected chi connectivity index (χ1v) is 4.94. The second-order valence-electron chi connectivity index (χ2n) is 2.51. The monoisotopic (exact) mass is 178 g/mol. The molecule has 0 aromatic heterocycles. The van der Waals surface area contributed by atoms with Gasteiger partial charge in [0.2, 0.25) is 0 Å². The molecule has 1 nitrogen and oxygen atoms in total. The molecule has 0 spiro atoms. The van der Waals surface area contributed by atoms with Crippen LogP contribution >= 0.6 is 0 Å². The molecule has 0 N–H and O–H groups in total. The molecular formula is C10H10OS. The first-order chi connectivity index (χ1) is 5.74. The summed E-state index contributed by atoms with van der Waals surface area (Å²) < 4.78 is 11.3. The van der Waals surface area contributed by atoms with Crippen LogP contribution in [0.25, 0.3) is 0 Å². The van der Waals surface area contributed by atoms with Gasteiger partial charge in [0.25, 0.3) is 0 Å². The molecule has 1 unspecified atom stereocenters. The third-order valence-electron chi connectivity index (χ3n) is 1.50. The highest BCUT2D eigenvalue weighted by atomic mass is 32.2. The normalized spacial score (nSPS) is 12.1. The minimum atomic E-state index is -1.03. The topological polar surface area (TPSA) is 23.1 Å². The number of rotatable bonds is 2. The van der Waals surface area contributed by atoms with Gasteiger partial charge >= 0.3 is 0 Å². The van der Waals surface area contributed by atoms with Crippen LogP contribution in [-0.2, 0) is 11.2 Å². The maximum absolute atomic E-state index is 11.3. The van der Waals surface area contributed by atoms with Crippen molar-refractivity contribution in [2.75, 3.05) is 5.75 Å². The Morgan fingerprint density at radius 3 is 2.50 bits per heavy atom. The van der Waals surface area contributed by atoms with Gasteiger partial charge in [0.1, 0.15) is 0 Å². The Kier molecular flexibility index (Phi) is 3.21. The van der Waals surface area contributed by atoms with E-state index >= 15 is 0 Å². The molecule has 0 saturated carbocycles. The molecule has 62 valence electrons. The molecule has 0 fully saturated rings. The SMILES string of the molecule is C#CC[S+]([O-])c1ccc(C)cc1. The Bertz CT molecular complexity index is 284. The number of benzene rings is 1. The van der Waals surface area contributed by atoms with E-state index in [-0.39, 0.29) is 0 Å². The molecule has 1 rings (SSSR count). The van der Waals surface area contributed by atoms with Gasteiger partial charge < -0.3 is 4.55 Å². The van der Waals surface area contributed by atoms with Crippen LogP contribution in [0, 0.1) is 19.3 Å². The maximum atomic E-state index is 11.3. The van der Waals surface area contributed by atoms with E-state index in [0.717, 1.165) is 10.5 Å². The van der Waals surface area contributed by atoms with Gasteiger partial charge in [-0.25, -0.2) is 0 Å². The van der Waals surface area contributed by atoms with Gasteiger partial charge in [-0.1, -0.05) is 23.6 Å². The van der Waals surface area contributed by atoms with E-state index < -0.39 is 11.2 Å². The molecule has 0 aliphatic carbocycles. The van der Waals surface area contributed by atoms with Crippen LogP contribution in [0.4, 0.5) is 0 Å². The fraction of sp³-hybridized carbons (Fsp3) is 0.200. The average molecular weight is 178 g/mol. The fourth-order valence-electron chi connectivity index (χ4n) is 0.849. The average Bonchev–Trinajstić information content (AvgIpc) is 2.06. The summed E-state index contributed by atoms with van der Waals surface area (Å²) in [5, 5.41) is 0. The Balaban J connectivity index is 2.76. The van der Waals surface area contributed by atoms with Gasteiger partial charge in [0.05, 0.1) is 0 Å². The second-order valence-corrected chi connectivity index (χ2v) is 3.96. The molecule has 0 aliphatic rings. The summed E-state index contributed by atoms with van der Waals surface area (Å²) in [5.74, 6) is 2.68. The Morgan fingerprint density at radius 2 is 2.00 bits per heavy atom. The highest BCUT2D eigenvalue weighted by molar-refractivity contribution is 7.91. The van der Waals surface area contributed by atoms with Crippen molar-refractivity contribution in [1.82, 2.24) is 0 Å². The third-order valence-corrected chi connectivity index (χ3v) is 2.73. The quantitative estimate of drug-likeness (QED) is 0.499. The van der Waals surface area contributed by atoms with Crippen molar-refractivity contribution in [2.24, 2.45) is 0 Å². The van der Waals surface area contributed by atoms with E-state index in [9.17, 15) is 4.55 Å². The van der Waals surface area contributed by atoms with E-state index in [1.165, 1.54) is 0 Å². The zero-order chi connectivity index (χ0) is 8.97. The number of aryl methyl sites for hydroxylation is 1. The predicted molar refractivity (Wildman–Crippen MR) is 51.3 cm³/mol. The Morgan fingerprint density at radius 1 is 1.42 bits per heavy atom. The molecule has 0 radical (unpaired) electrons. The molecule has 1 aromatic rings. The molecule has 12 heavy (non-hydrogen) atoms. The molecule has 0 bridgehead atoms. The van der Waals surface area contributed by atoms with Gasteiger partial charge in [-0.15, -0.1) is 6.42 Å². The number of hydrogen-bond acceptors (Lipinski definition) is 1. The lowest BCUT2D eigenvalue weighted by Crippen LogP contribution is -2.04. The standard InChI is InChI=1S/C10H10OS/c1-3-8-12(11)10-6-4-9(2)5-7-10/h1,4-7H,8H2,2H3. The molecule has 1 atom stereocenters. The summed E-state index contributed by atoms with van der Waals surface area (Å²) in [6.45, 7) is 1.99. The van der Waals surface area contributed by atoms with Crippen molar-refractivity contribution in [3.63, 3.8) is 0 Å². The molecule has 0 saturated heterocycles. The van der Waals surface area contributed by atoms with Gasteiger partial charge in [-0.3, -0.25) is 0 Å². The second kappa shape index (κ2) is 4.20. The van der Waals surface area contributed by atoms with Crippen LogP contribution in [0.15, 0.2) is 29.2 Å². The summed E-state index contributed by atoms with van der Waals surface area (Å²) in [4.78, 5) is 0.804. The zero-order valence-corrected chi connectivity index (χ0v) is 7.73. The van der Waals surface area contributed by atoms with E-state index in [1.54, 1.807) is 0 Å².